The van der Waals surface area contributed by atoms with Crippen LogP contribution in [0.4, 0.5) is 5.69 Å². The average molecular weight is 192 g/mol. The van der Waals surface area contributed by atoms with E-state index in [4.69, 9.17) is 5.73 Å². The molecular formula is C10H12N2O2. The van der Waals surface area contributed by atoms with Gasteiger partial charge in [0.25, 0.3) is 0 Å². The van der Waals surface area contributed by atoms with Crippen LogP contribution in [0.15, 0.2) is 24.5 Å². The Bertz CT molecular complexity index is 348. The van der Waals surface area contributed by atoms with Gasteiger partial charge in [-0.3, -0.25) is 9.78 Å². The molecule has 0 unspecified atom stereocenters. The first-order valence-corrected chi connectivity index (χ1v) is 4.16. The van der Waals surface area contributed by atoms with Crippen molar-refractivity contribution in [1.29, 1.82) is 0 Å². The Hall–Kier alpha value is -1.84. The highest BCUT2D eigenvalue weighted by Gasteiger charge is 1.94. The molecule has 0 saturated heterocycles. The van der Waals surface area contributed by atoms with E-state index in [1.165, 1.54) is 7.11 Å². The first-order chi connectivity index (χ1) is 6.72. The third-order valence-electron chi connectivity index (χ3n) is 1.60. The molecule has 0 aromatic carbocycles. The average Bonchev–Trinajstić information content (AvgIpc) is 2.17. The van der Waals surface area contributed by atoms with Gasteiger partial charge in [0, 0.05) is 12.4 Å². The number of nitrogen functional groups attached to an aromatic ring is 1. The number of carbonyl (C=O) groups is 1. The first-order valence-electron chi connectivity index (χ1n) is 4.16. The van der Waals surface area contributed by atoms with Crippen LogP contribution < -0.4 is 5.73 Å². The number of aromatic nitrogens is 1. The van der Waals surface area contributed by atoms with E-state index in [0.29, 0.717) is 5.69 Å². The van der Waals surface area contributed by atoms with Crippen molar-refractivity contribution in [3.63, 3.8) is 0 Å². The molecule has 1 rings (SSSR count). The number of rotatable bonds is 3. The normalized spacial score (nSPS) is 10.4. The second kappa shape index (κ2) is 5.01. The molecule has 74 valence electrons. The largest absolute Gasteiger partial charge is 0.469 e. The number of anilines is 1. The molecule has 4 nitrogen and oxygen atoms in total. The Labute approximate surface area is 82.4 Å². The monoisotopic (exact) mass is 192 g/mol. The maximum absolute atomic E-state index is 10.8. The zero-order valence-electron chi connectivity index (χ0n) is 7.93. The van der Waals surface area contributed by atoms with Gasteiger partial charge in [0.2, 0.25) is 0 Å². The molecule has 0 aliphatic heterocycles. The van der Waals surface area contributed by atoms with Crippen LogP contribution in [-0.4, -0.2) is 18.1 Å². The molecule has 0 spiro atoms. The number of esters is 1. The van der Waals surface area contributed by atoms with E-state index in [9.17, 15) is 4.79 Å². The van der Waals surface area contributed by atoms with E-state index in [2.05, 4.69) is 9.72 Å². The molecule has 1 aromatic heterocycles. The summed E-state index contributed by atoms with van der Waals surface area (Å²) in [6.45, 7) is 0. The Morgan fingerprint density at radius 1 is 1.64 bits per heavy atom. The van der Waals surface area contributed by atoms with Crippen molar-refractivity contribution < 1.29 is 9.53 Å². The summed E-state index contributed by atoms with van der Waals surface area (Å²) in [5.74, 6) is -0.266. The molecule has 0 radical (unpaired) electrons. The minimum atomic E-state index is -0.266. The Morgan fingerprint density at radius 2 is 2.43 bits per heavy atom. The van der Waals surface area contributed by atoms with E-state index in [1.807, 2.05) is 0 Å². The number of nitrogens with zero attached hydrogens (tertiary/aromatic N) is 1. The molecule has 0 aliphatic rings. The second-order valence-electron chi connectivity index (χ2n) is 2.73. The summed E-state index contributed by atoms with van der Waals surface area (Å²) in [5.41, 5.74) is 7.00. The molecule has 0 aliphatic carbocycles. The smallest absolute Gasteiger partial charge is 0.309 e. The van der Waals surface area contributed by atoms with Gasteiger partial charge < -0.3 is 10.5 Å². The predicted octanol–water partition coefficient (Wildman–Crippen LogP) is 1.24. The quantitative estimate of drug-likeness (QED) is 0.732. The highest BCUT2D eigenvalue weighted by atomic mass is 16.5. The topological polar surface area (TPSA) is 65.2 Å². The number of ether oxygens (including phenoxy) is 1. The van der Waals surface area contributed by atoms with Gasteiger partial charge in [0.1, 0.15) is 0 Å². The molecular weight excluding hydrogens is 180 g/mol. The van der Waals surface area contributed by atoms with Crippen LogP contribution in [0.25, 0.3) is 6.08 Å². The summed E-state index contributed by atoms with van der Waals surface area (Å²) < 4.78 is 4.48. The number of pyridine rings is 1. The van der Waals surface area contributed by atoms with Crippen molar-refractivity contribution in [2.45, 2.75) is 6.42 Å². The first kappa shape index (κ1) is 10.2. The fourth-order valence-electron chi connectivity index (χ4n) is 0.942. The van der Waals surface area contributed by atoms with Gasteiger partial charge in [-0.15, -0.1) is 0 Å². The lowest BCUT2D eigenvalue weighted by molar-refractivity contribution is -0.139. The van der Waals surface area contributed by atoms with Crippen molar-refractivity contribution in [2.24, 2.45) is 0 Å². The lowest BCUT2D eigenvalue weighted by Crippen LogP contribution is -1.96. The molecule has 0 saturated carbocycles. The summed E-state index contributed by atoms with van der Waals surface area (Å²) in [6, 6.07) is 1.78. The third kappa shape index (κ3) is 3.26. The summed E-state index contributed by atoms with van der Waals surface area (Å²) in [7, 11) is 1.36. The van der Waals surface area contributed by atoms with E-state index in [0.717, 1.165) is 5.56 Å². The Balaban J connectivity index is 2.56. The number of hydrogen-bond donors (Lipinski definition) is 1. The van der Waals surface area contributed by atoms with Crippen LogP contribution in [-0.2, 0) is 9.53 Å². The predicted molar refractivity (Wildman–Crippen MR) is 54.3 cm³/mol. The van der Waals surface area contributed by atoms with Crippen LogP contribution in [0.3, 0.4) is 0 Å². The lowest BCUT2D eigenvalue weighted by Gasteiger charge is -1.95. The molecule has 0 atom stereocenters. The van der Waals surface area contributed by atoms with Gasteiger partial charge in [-0.2, -0.15) is 0 Å². The van der Waals surface area contributed by atoms with Crippen molar-refractivity contribution in [3.8, 4) is 0 Å². The van der Waals surface area contributed by atoms with Crippen LogP contribution in [0, 0.1) is 0 Å². The number of carbonyl (C=O) groups excluding carboxylic acids is 1. The van der Waals surface area contributed by atoms with Crippen LogP contribution in [0.2, 0.25) is 0 Å². The van der Waals surface area contributed by atoms with Gasteiger partial charge in [-0.05, 0) is 11.6 Å². The van der Waals surface area contributed by atoms with E-state index >= 15 is 0 Å². The van der Waals surface area contributed by atoms with Crippen molar-refractivity contribution in [1.82, 2.24) is 4.98 Å². The SMILES string of the molecule is COC(=O)CC=Cc1cncc(N)c1. The molecule has 0 amide bonds. The van der Waals surface area contributed by atoms with Gasteiger partial charge >= 0.3 is 5.97 Å². The van der Waals surface area contributed by atoms with Crippen LogP contribution in [0.5, 0.6) is 0 Å². The van der Waals surface area contributed by atoms with Gasteiger partial charge in [-0.1, -0.05) is 12.2 Å². The molecule has 0 bridgehead atoms. The minimum absolute atomic E-state index is 0.255. The fourth-order valence-corrected chi connectivity index (χ4v) is 0.942. The number of hydrogen-bond acceptors (Lipinski definition) is 4. The molecule has 2 N–H and O–H groups in total. The van der Waals surface area contributed by atoms with Gasteiger partial charge in [-0.25, -0.2) is 0 Å². The highest BCUT2D eigenvalue weighted by Crippen LogP contribution is 2.06. The summed E-state index contributed by atoms with van der Waals surface area (Å²) >= 11 is 0. The minimum Gasteiger partial charge on any atom is -0.469 e. The van der Waals surface area contributed by atoms with Crippen molar-refractivity contribution in [2.75, 3.05) is 12.8 Å². The maximum atomic E-state index is 10.8. The zero-order chi connectivity index (χ0) is 10.4. The number of methoxy groups -OCH3 is 1. The van der Waals surface area contributed by atoms with Crippen molar-refractivity contribution >= 4 is 17.7 Å². The highest BCUT2D eigenvalue weighted by molar-refractivity contribution is 5.72. The zero-order valence-corrected chi connectivity index (χ0v) is 7.93. The lowest BCUT2D eigenvalue weighted by atomic mass is 10.2. The third-order valence-corrected chi connectivity index (χ3v) is 1.60. The van der Waals surface area contributed by atoms with E-state index < -0.39 is 0 Å². The van der Waals surface area contributed by atoms with Crippen LogP contribution in [0.1, 0.15) is 12.0 Å². The fraction of sp³-hybridized carbons (Fsp3) is 0.200. The van der Waals surface area contributed by atoms with Crippen molar-refractivity contribution in [3.05, 3.63) is 30.1 Å². The maximum Gasteiger partial charge on any atom is 0.309 e. The second-order valence-corrected chi connectivity index (χ2v) is 2.73. The van der Waals surface area contributed by atoms with E-state index in [1.54, 1.807) is 30.6 Å². The number of nitrogens with two attached hydrogens (primary N) is 1. The van der Waals surface area contributed by atoms with Crippen LogP contribution >= 0.6 is 0 Å². The Kier molecular flexibility index (Phi) is 3.67. The van der Waals surface area contributed by atoms with Gasteiger partial charge in [0.05, 0.1) is 19.2 Å². The molecule has 1 heterocycles. The molecule has 14 heavy (non-hydrogen) atoms. The molecule has 4 heteroatoms. The Morgan fingerprint density at radius 3 is 3.07 bits per heavy atom. The van der Waals surface area contributed by atoms with Gasteiger partial charge in [0.15, 0.2) is 0 Å². The summed E-state index contributed by atoms with van der Waals surface area (Å²) in [4.78, 5) is 14.7. The summed E-state index contributed by atoms with van der Waals surface area (Å²) in [5, 5.41) is 0. The standard InChI is InChI=1S/C10H12N2O2/c1-14-10(13)4-2-3-8-5-9(11)7-12-6-8/h2-3,5-7H,4,11H2,1H3. The van der Waals surface area contributed by atoms with E-state index in [-0.39, 0.29) is 12.4 Å². The summed E-state index contributed by atoms with van der Waals surface area (Å²) in [6.07, 6.45) is 6.98. The molecule has 1 aromatic rings. The molecule has 0 fully saturated rings.